The predicted octanol–water partition coefficient (Wildman–Crippen LogP) is 5.49. The lowest BCUT2D eigenvalue weighted by Crippen LogP contribution is -2.30. The predicted molar refractivity (Wildman–Crippen MR) is 141 cm³/mol. The lowest BCUT2D eigenvalue weighted by Gasteiger charge is -2.23. The van der Waals surface area contributed by atoms with Gasteiger partial charge in [-0.1, -0.05) is 61.9 Å². The quantitative estimate of drug-likeness (QED) is 0.444. The molecule has 1 aliphatic rings. The van der Waals surface area contributed by atoms with Crippen molar-refractivity contribution < 1.29 is 18.2 Å². The number of para-hydroxylation sites is 1. The molecule has 33 heavy (non-hydrogen) atoms. The Morgan fingerprint density at radius 2 is 1.70 bits per heavy atom. The van der Waals surface area contributed by atoms with Gasteiger partial charge in [-0.25, -0.2) is 9.38 Å². The molecule has 1 aliphatic heterocycles. The molecule has 0 aliphatic carbocycles. The molecule has 180 valence electrons. The van der Waals surface area contributed by atoms with Crippen LogP contribution in [0, 0.1) is 12.7 Å². The fourth-order valence-corrected chi connectivity index (χ4v) is 4.51. The van der Waals surface area contributed by atoms with Gasteiger partial charge in [-0.2, -0.15) is 0 Å². The van der Waals surface area contributed by atoms with Gasteiger partial charge in [0.25, 0.3) is 0 Å². The van der Waals surface area contributed by atoms with E-state index in [1.807, 2.05) is 13.0 Å². The third kappa shape index (κ3) is 6.57. The average Bonchev–Trinajstić information content (AvgIpc) is 2.78. The normalized spacial score (nSPS) is 13.2. The number of rotatable bonds is 7. The first kappa shape index (κ1) is 26.4. The topological polar surface area (TPSA) is 99.4 Å². The highest BCUT2D eigenvalue weighted by Gasteiger charge is 2.18. The molecule has 0 amide bonds. The summed E-state index contributed by atoms with van der Waals surface area (Å²) in [5.41, 5.74) is 6.62. The smallest absolute Gasteiger partial charge is 0.206 e. The van der Waals surface area contributed by atoms with Gasteiger partial charge in [-0.3, -0.25) is 4.72 Å². The number of anilines is 1. The summed E-state index contributed by atoms with van der Waals surface area (Å²) in [5, 5.41) is 3.45. The van der Waals surface area contributed by atoms with Crippen molar-refractivity contribution in [2.24, 2.45) is 4.99 Å². The van der Waals surface area contributed by atoms with E-state index in [0.29, 0.717) is 18.1 Å². The van der Waals surface area contributed by atoms with Crippen molar-refractivity contribution in [1.29, 1.82) is 0 Å². The van der Waals surface area contributed by atoms with Gasteiger partial charge in [0.1, 0.15) is 5.82 Å². The zero-order chi connectivity index (χ0) is 21.6. The van der Waals surface area contributed by atoms with E-state index in [-0.39, 0.29) is 19.6 Å². The molecule has 5 nitrogen and oxygen atoms in total. The first-order chi connectivity index (χ1) is 15.1. The number of guanidine groups is 1. The number of nitrogens with one attached hydrogen (secondary N) is 2. The van der Waals surface area contributed by atoms with Gasteiger partial charge in [0.05, 0.1) is 17.1 Å². The highest BCUT2D eigenvalue weighted by molar-refractivity contribution is 7.98. The van der Waals surface area contributed by atoms with Crippen molar-refractivity contribution in [3.05, 3.63) is 94.3 Å². The van der Waals surface area contributed by atoms with Crippen LogP contribution in [0.25, 0.3) is 0 Å². The minimum Gasteiger partial charge on any atom is -0.412 e. The zero-order valence-corrected chi connectivity index (χ0v) is 19.9. The van der Waals surface area contributed by atoms with Gasteiger partial charge in [-0.15, -0.1) is 0 Å². The van der Waals surface area contributed by atoms with Crippen molar-refractivity contribution in [3.63, 3.8) is 0 Å². The molecule has 4 rings (SSSR count). The molecule has 1 heterocycles. The van der Waals surface area contributed by atoms with Gasteiger partial charge >= 0.3 is 0 Å². The number of hydrogen-bond donors (Lipinski definition) is 2. The fraction of sp³-hybridized carbons (Fsp3) is 0.269. The van der Waals surface area contributed by atoms with Crippen molar-refractivity contribution in [3.8, 4) is 0 Å². The molecular weight excluding hydrogens is 437 g/mol. The van der Waals surface area contributed by atoms with E-state index in [2.05, 4.69) is 64.4 Å². The summed E-state index contributed by atoms with van der Waals surface area (Å²) in [5.74, 6) is 0.446. The van der Waals surface area contributed by atoms with E-state index in [1.165, 1.54) is 29.5 Å². The van der Waals surface area contributed by atoms with Crippen LogP contribution >= 0.6 is 11.9 Å². The summed E-state index contributed by atoms with van der Waals surface area (Å²) in [6.45, 7) is 4.41. The molecule has 0 saturated heterocycles. The average molecular weight is 474 g/mol. The van der Waals surface area contributed by atoms with Crippen LogP contribution in [-0.2, 0) is 19.4 Å². The molecule has 3 aromatic rings. The van der Waals surface area contributed by atoms with Gasteiger partial charge in [0.15, 0.2) is 0 Å². The summed E-state index contributed by atoms with van der Waals surface area (Å²) < 4.78 is 17.4. The third-order valence-corrected chi connectivity index (χ3v) is 6.38. The molecule has 0 bridgehead atoms. The van der Waals surface area contributed by atoms with Gasteiger partial charge in [0.2, 0.25) is 5.96 Å². The van der Waals surface area contributed by atoms with Crippen molar-refractivity contribution in [2.75, 3.05) is 5.32 Å². The summed E-state index contributed by atoms with van der Waals surface area (Å²) in [6.07, 6.45) is 4.38. The molecule has 0 atom stereocenters. The number of aryl methyl sites for hydroxylation is 2. The number of unbranched alkanes of at least 4 members (excludes halogenated alkanes) is 1. The highest BCUT2D eigenvalue weighted by atomic mass is 32.2. The summed E-state index contributed by atoms with van der Waals surface area (Å²) >= 11 is 1.54. The van der Waals surface area contributed by atoms with E-state index >= 15 is 0 Å². The molecule has 0 fully saturated rings. The number of nitrogens with zero attached hydrogens (tertiary/aromatic N) is 1. The van der Waals surface area contributed by atoms with Gasteiger partial charge in [0, 0.05) is 8.42 Å². The van der Waals surface area contributed by atoms with E-state index in [4.69, 9.17) is 0 Å². The summed E-state index contributed by atoms with van der Waals surface area (Å²) in [7, 11) is 0. The van der Waals surface area contributed by atoms with Crippen LogP contribution < -0.4 is 10.0 Å². The maximum Gasteiger partial charge on any atom is 0.206 e. The van der Waals surface area contributed by atoms with Crippen LogP contribution in [0.15, 0.2) is 70.6 Å². The first-order valence-electron chi connectivity index (χ1n) is 10.8. The summed E-state index contributed by atoms with van der Waals surface area (Å²) in [6, 6.07) is 20.4. The molecule has 0 spiro atoms. The molecule has 0 unspecified atom stereocenters. The Bertz CT molecular complexity index is 1120. The molecule has 0 radical (unpaired) electrons. The van der Waals surface area contributed by atoms with E-state index in [9.17, 15) is 4.39 Å². The molecule has 7 heteroatoms. The van der Waals surface area contributed by atoms with Gasteiger partial charge in [-0.05, 0) is 72.5 Å². The second kappa shape index (κ2) is 12.4. The van der Waals surface area contributed by atoms with Crippen LogP contribution in [0.1, 0.15) is 50.4 Å². The maximum absolute atomic E-state index is 14.2. The first-order valence-corrected chi connectivity index (χ1v) is 11.6. The Balaban J connectivity index is 0.00000289. The monoisotopic (exact) mass is 473 g/mol. The van der Waals surface area contributed by atoms with Crippen molar-refractivity contribution in [1.82, 2.24) is 4.72 Å². The Hall–Kier alpha value is -2.87. The zero-order valence-electron chi connectivity index (χ0n) is 19.0. The molecule has 3 aromatic carbocycles. The molecule has 6 N–H and O–H groups in total. The van der Waals surface area contributed by atoms with E-state index in [1.54, 1.807) is 24.1 Å². The van der Waals surface area contributed by atoms with E-state index in [0.717, 1.165) is 29.0 Å². The van der Waals surface area contributed by atoms with Crippen LogP contribution in [0.4, 0.5) is 10.1 Å². The Kier molecular flexibility index (Phi) is 9.91. The number of fused-ring (bicyclic) bond motifs is 1. The number of benzene rings is 3. The second-order valence-electron chi connectivity index (χ2n) is 7.93. The summed E-state index contributed by atoms with van der Waals surface area (Å²) in [4.78, 5) is 5.73. The standard InChI is InChI=1S/C26H28FN3S.2H2O.2H2/c1-3-4-8-19-9-5-6-10-20(19)16-21-11-7-12-24-25(21)29-26(30-31-24)28-17-22-14-13-18(2)15-23(22)27;;;;/h5-7,9-15H,3-4,8,16-17H2,1-2H3,(H2,28,29,30);2*1H2;2*1H. The van der Waals surface area contributed by atoms with Gasteiger partial charge < -0.3 is 16.3 Å². The van der Waals surface area contributed by atoms with Crippen LogP contribution in [0.2, 0.25) is 0 Å². The van der Waals surface area contributed by atoms with Crippen molar-refractivity contribution in [2.45, 2.75) is 51.0 Å². The van der Waals surface area contributed by atoms with Crippen LogP contribution in [-0.4, -0.2) is 16.9 Å². The molecule has 0 aromatic heterocycles. The lowest BCUT2D eigenvalue weighted by molar-refractivity contribution is 0.609. The Labute approximate surface area is 202 Å². The van der Waals surface area contributed by atoms with E-state index < -0.39 is 0 Å². The van der Waals surface area contributed by atoms with Crippen molar-refractivity contribution >= 4 is 23.6 Å². The fourth-order valence-electron chi connectivity index (χ4n) is 3.76. The number of hydrogen-bond acceptors (Lipinski definition) is 2. The maximum atomic E-state index is 14.2. The lowest BCUT2D eigenvalue weighted by atomic mass is 9.95. The van der Waals surface area contributed by atoms with Crippen LogP contribution in [0.3, 0.4) is 0 Å². The number of aliphatic imine (C=N–C) groups is 1. The minimum absolute atomic E-state index is 0. The molecular formula is C26H36FN3O2S. The SMILES string of the molecule is CCCCc1ccccc1Cc1cccc2c1NC(=NCc1ccc(C)cc1F)NS2.O.O.[HH].[HH]. The second-order valence-corrected chi connectivity index (χ2v) is 8.78. The largest absolute Gasteiger partial charge is 0.412 e. The third-order valence-electron chi connectivity index (χ3n) is 5.53. The Morgan fingerprint density at radius 3 is 2.45 bits per heavy atom. The Morgan fingerprint density at radius 1 is 0.939 bits per heavy atom. The minimum atomic E-state index is -0.211. The van der Waals surface area contributed by atoms with Crippen LogP contribution in [0.5, 0.6) is 0 Å². The highest BCUT2D eigenvalue weighted by Crippen LogP contribution is 2.33. The molecule has 0 saturated carbocycles. The number of halogens is 1.